The number of carbonyl (C=O) groups is 2. The molecule has 0 saturated heterocycles. The highest BCUT2D eigenvalue weighted by Crippen LogP contribution is 2.22. The minimum atomic E-state index is -3.52. The molecular weight excluding hydrogens is 430 g/mol. The highest BCUT2D eigenvalue weighted by Gasteiger charge is 2.20. The molecule has 0 unspecified atom stereocenters. The molecule has 0 heterocycles. The van der Waals surface area contributed by atoms with Crippen LogP contribution in [-0.4, -0.2) is 45.7 Å². The van der Waals surface area contributed by atoms with Gasteiger partial charge in [-0.1, -0.05) is 12.1 Å². The van der Waals surface area contributed by atoms with E-state index in [9.17, 15) is 18.0 Å². The summed E-state index contributed by atoms with van der Waals surface area (Å²) in [5.41, 5.74) is 0.865. The van der Waals surface area contributed by atoms with Gasteiger partial charge in [0.25, 0.3) is 5.91 Å². The van der Waals surface area contributed by atoms with Crippen molar-refractivity contribution in [1.29, 1.82) is 0 Å². The number of nitrogens with one attached hydrogen (secondary N) is 2. The van der Waals surface area contributed by atoms with Gasteiger partial charge >= 0.3 is 0 Å². The number of hydrogen-bond acceptors (Lipinski definition) is 5. The van der Waals surface area contributed by atoms with Crippen LogP contribution in [0.4, 0.5) is 11.4 Å². The standard InChI is InChI=1S/C23H31N3O5S/c1-23(2,3)25-22(28)19-9-6-7-10-20(19)24-21(27)11-8-16-26(32(5,29)30)17-12-14-18(31-4)15-13-17/h6-7,9-10,12-15H,8,11,16H2,1-5H3,(H,24,27)(H,25,28). The van der Waals surface area contributed by atoms with Gasteiger partial charge < -0.3 is 15.4 Å². The van der Waals surface area contributed by atoms with Crippen LogP contribution in [0, 0.1) is 0 Å². The van der Waals surface area contributed by atoms with Crippen LogP contribution >= 0.6 is 0 Å². The largest absolute Gasteiger partial charge is 0.497 e. The van der Waals surface area contributed by atoms with E-state index < -0.39 is 15.6 Å². The average molecular weight is 462 g/mol. The van der Waals surface area contributed by atoms with E-state index >= 15 is 0 Å². The molecule has 0 aromatic heterocycles. The van der Waals surface area contributed by atoms with Crippen molar-refractivity contribution in [3.63, 3.8) is 0 Å². The van der Waals surface area contributed by atoms with Crippen LogP contribution in [0.2, 0.25) is 0 Å². The molecule has 0 atom stereocenters. The second kappa shape index (κ2) is 10.5. The minimum absolute atomic E-state index is 0.0946. The van der Waals surface area contributed by atoms with Crippen molar-refractivity contribution in [2.75, 3.05) is 29.5 Å². The molecule has 2 rings (SSSR count). The quantitative estimate of drug-likeness (QED) is 0.595. The molecule has 2 N–H and O–H groups in total. The van der Waals surface area contributed by atoms with E-state index in [1.54, 1.807) is 48.5 Å². The Labute approximate surface area is 190 Å². The van der Waals surface area contributed by atoms with Crippen LogP contribution in [0.1, 0.15) is 44.0 Å². The summed E-state index contributed by atoms with van der Waals surface area (Å²) < 4.78 is 30.8. The van der Waals surface area contributed by atoms with Crippen molar-refractivity contribution in [3.05, 3.63) is 54.1 Å². The van der Waals surface area contributed by atoms with E-state index in [0.717, 1.165) is 6.26 Å². The number of amides is 2. The fraction of sp³-hybridized carbons (Fsp3) is 0.391. The van der Waals surface area contributed by atoms with Crippen molar-refractivity contribution in [1.82, 2.24) is 5.32 Å². The van der Waals surface area contributed by atoms with Gasteiger partial charge in [0.05, 0.1) is 30.3 Å². The summed E-state index contributed by atoms with van der Waals surface area (Å²) in [6.07, 6.45) is 1.53. The number of methoxy groups -OCH3 is 1. The summed E-state index contributed by atoms with van der Waals surface area (Å²) in [6.45, 7) is 5.78. The fourth-order valence-electron chi connectivity index (χ4n) is 3.03. The first-order valence-corrected chi connectivity index (χ1v) is 12.1. The predicted octanol–water partition coefficient (Wildman–Crippen LogP) is 3.41. The Morgan fingerprint density at radius 3 is 2.22 bits per heavy atom. The van der Waals surface area contributed by atoms with Gasteiger partial charge in [0.15, 0.2) is 0 Å². The average Bonchev–Trinajstić information content (AvgIpc) is 2.69. The number of sulfonamides is 1. The molecule has 9 heteroatoms. The van der Waals surface area contributed by atoms with Crippen molar-refractivity contribution in [3.8, 4) is 5.75 Å². The lowest BCUT2D eigenvalue weighted by Gasteiger charge is -2.23. The number of para-hydroxylation sites is 1. The Morgan fingerprint density at radius 1 is 1.03 bits per heavy atom. The number of hydrogen-bond donors (Lipinski definition) is 2. The second-order valence-corrected chi connectivity index (χ2v) is 10.3. The molecule has 2 amide bonds. The third kappa shape index (κ3) is 7.56. The summed E-state index contributed by atoms with van der Waals surface area (Å²) in [7, 11) is -1.99. The van der Waals surface area contributed by atoms with E-state index in [1.807, 2.05) is 20.8 Å². The van der Waals surface area contributed by atoms with Crippen molar-refractivity contribution in [2.45, 2.75) is 39.2 Å². The van der Waals surface area contributed by atoms with Crippen molar-refractivity contribution < 1.29 is 22.7 Å². The van der Waals surface area contributed by atoms with Gasteiger partial charge in [0.1, 0.15) is 5.75 Å². The zero-order valence-corrected chi connectivity index (χ0v) is 20.0. The summed E-state index contributed by atoms with van der Waals surface area (Å²) in [4.78, 5) is 25.0. The number of anilines is 2. The third-order valence-electron chi connectivity index (χ3n) is 4.46. The number of benzene rings is 2. The van der Waals surface area contributed by atoms with E-state index in [4.69, 9.17) is 4.74 Å². The molecule has 0 radical (unpaired) electrons. The molecule has 174 valence electrons. The Kier molecular flexibility index (Phi) is 8.26. The molecule has 0 saturated carbocycles. The summed E-state index contributed by atoms with van der Waals surface area (Å²) in [6, 6.07) is 13.4. The van der Waals surface area contributed by atoms with Crippen LogP contribution in [0.5, 0.6) is 5.75 Å². The maximum atomic E-state index is 12.5. The summed E-state index contributed by atoms with van der Waals surface area (Å²) in [5, 5.41) is 5.64. The van der Waals surface area contributed by atoms with Gasteiger partial charge in [-0.3, -0.25) is 13.9 Å². The third-order valence-corrected chi connectivity index (χ3v) is 5.65. The molecule has 0 fully saturated rings. The van der Waals surface area contributed by atoms with E-state index in [1.165, 1.54) is 11.4 Å². The zero-order valence-electron chi connectivity index (χ0n) is 19.1. The number of ether oxygens (including phenoxy) is 1. The van der Waals surface area contributed by atoms with Crippen LogP contribution < -0.4 is 19.7 Å². The van der Waals surface area contributed by atoms with Crippen molar-refractivity contribution in [2.24, 2.45) is 0 Å². The molecule has 0 bridgehead atoms. The predicted molar refractivity (Wildman–Crippen MR) is 127 cm³/mol. The number of rotatable bonds is 9. The van der Waals surface area contributed by atoms with Crippen molar-refractivity contribution >= 4 is 33.2 Å². The highest BCUT2D eigenvalue weighted by molar-refractivity contribution is 7.92. The maximum Gasteiger partial charge on any atom is 0.253 e. The normalized spacial score (nSPS) is 11.5. The van der Waals surface area contributed by atoms with Gasteiger partial charge in [0, 0.05) is 18.5 Å². The van der Waals surface area contributed by atoms with Gasteiger partial charge in [-0.15, -0.1) is 0 Å². The Balaban J connectivity index is 2.02. The maximum absolute atomic E-state index is 12.5. The van der Waals surface area contributed by atoms with Gasteiger partial charge in [0.2, 0.25) is 15.9 Å². The molecule has 0 aliphatic carbocycles. The van der Waals surface area contributed by atoms with Crippen LogP contribution in [0.3, 0.4) is 0 Å². The number of nitrogens with zero attached hydrogens (tertiary/aromatic N) is 1. The monoisotopic (exact) mass is 461 g/mol. The molecule has 0 aliphatic rings. The fourth-order valence-corrected chi connectivity index (χ4v) is 3.99. The first kappa shape index (κ1) is 25.2. The molecule has 8 nitrogen and oxygen atoms in total. The molecule has 0 spiro atoms. The highest BCUT2D eigenvalue weighted by atomic mass is 32.2. The molecule has 2 aromatic carbocycles. The van der Waals surface area contributed by atoms with Gasteiger partial charge in [-0.25, -0.2) is 8.42 Å². The molecule has 32 heavy (non-hydrogen) atoms. The van der Waals surface area contributed by atoms with Gasteiger partial charge in [-0.2, -0.15) is 0 Å². The van der Waals surface area contributed by atoms with E-state index in [-0.39, 0.29) is 24.8 Å². The molecular formula is C23H31N3O5S. The minimum Gasteiger partial charge on any atom is -0.497 e. The summed E-state index contributed by atoms with van der Waals surface area (Å²) in [5.74, 6) is 0.0380. The topological polar surface area (TPSA) is 105 Å². The van der Waals surface area contributed by atoms with E-state index in [2.05, 4.69) is 10.6 Å². The zero-order chi connectivity index (χ0) is 23.9. The Hall–Kier alpha value is -3.07. The Bertz CT molecular complexity index is 1040. The lowest BCUT2D eigenvalue weighted by atomic mass is 10.1. The lowest BCUT2D eigenvalue weighted by molar-refractivity contribution is -0.116. The smallest absolute Gasteiger partial charge is 0.253 e. The lowest BCUT2D eigenvalue weighted by Crippen LogP contribution is -2.40. The molecule has 2 aromatic rings. The van der Waals surface area contributed by atoms with Crippen LogP contribution in [-0.2, 0) is 14.8 Å². The Morgan fingerprint density at radius 2 is 1.66 bits per heavy atom. The second-order valence-electron chi connectivity index (χ2n) is 8.43. The first-order chi connectivity index (χ1) is 14.9. The van der Waals surface area contributed by atoms with Gasteiger partial charge in [-0.05, 0) is 63.6 Å². The molecule has 0 aliphatic heterocycles. The summed E-state index contributed by atoms with van der Waals surface area (Å²) >= 11 is 0. The first-order valence-electron chi connectivity index (χ1n) is 10.2. The van der Waals surface area contributed by atoms with Crippen LogP contribution in [0.15, 0.2) is 48.5 Å². The SMILES string of the molecule is COc1ccc(N(CCCC(=O)Nc2ccccc2C(=O)NC(C)(C)C)S(C)(=O)=O)cc1. The number of carbonyl (C=O) groups excluding carboxylic acids is 2. The van der Waals surface area contributed by atoms with E-state index in [0.29, 0.717) is 29.1 Å². The van der Waals surface area contributed by atoms with Crippen LogP contribution in [0.25, 0.3) is 0 Å².